The first-order valence-electron chi connectivity index (χ1n) is 6.83. The minimum Gasteiger partial charge on any atom is -0.493 e. The number of hydrogen-bond donors (Lipinski definition) is 1. The van der Waals surface area contributed by atoms with E-state index >= 15 is 0 Å². The lowest BCUT2D eigenvalue weighted by Gasteiger charge is -2.23. The number of benzene rings is 1. The highest BCUT2D eigenvalue weighted by atomic mass is 16.5. The maximum absolute atomic E-state index is 11.2. The van der Waals surface area contributed by atoms with Crippen LogP contribution in [0.2, 0.25) is 0 Å². The van der Waals surface area contributed by atoms with Gasteiger partial charge in [-0.15, -0.1) is 0 Å². The molecule has 1 rings (SSSR count). The number of hydrogen-bond acceptors (Lipinski definition) is 4. The average molecular weight is 279 g/mol. The van der Waals surface area contributed by atoms with Gasteiger partial charge in [0.1, 0.15) is 11.8 Å². The highest BCUT2D eigenvalue weighted by Crippen LogP contribution is 2.32. The van der Waals surface area contributed by atoms with Crippen molar-refractivity contribution in [2.24, 2.45) is 5.73 Å². The van der Waals surface area contributed by atoms with Crippen LogP contribution in [0.3, 0.4) is 0 Å². The van der Waals surface area contributed by atoms with Gasteiger partial charge in [0.2, 0.25) is 0 Å². The van der Waals surface area contributed by atoms with E-state index in [-0.39, 0.29) is 5.41 Å². The first-order chi connectivity index (χ1) is 9.25. The Kier molecular flexibility index (Phi) is 5.57. The molecule has 0 bridgehead atoms. The molecule has 1 unspecified atom stereocenters. The van der Waals surface area contributed by atoms with E-state index in [0.29, 0.717) is 13.0 Å². The summed E-state index contributed by atoms with van der Waals surface area (Å²) in [7, 11) is 1.33. The minimum absolute atomic E-state index is 0.00577. The zero-order chi connectivity index (χ0) is 15.3. The predicted octanol–water partition coefficient (Wildman–Crippen LogP) is 2.56. The second-order valence-corrected chi connectivity index (χ2v) is 6.02. The Bertz CT molecular complexity index is 463. The van der Waals surface area contributed by atoms with Crippen LogP contribution in [0.4, 0.5) is 0 Å². The summed E-state index contributed by atoms with van der Waals surface area (Å²) >= 11 is 0. The Morgan fingerprint density at radius 1 is 1.35 bits per heavy atom. The van der Waals surface area contributed by atoms with Gasteiger partial charge in [0.25, 0.3) is 0 Å². The smallest absolute Gasteiger partial charge is 0.322 e. The highest BCUT2D eigenvalue weighted by Gasteiger charge is 2.20. The van der Waals surface area contributed by atoms with Crippen molar-refractivity contribution >= 4 is 5.97 Å². The molecule has 1 aromatic carbocycles. The maximum atomic E-state index is 11.2. The van der Waals surface area contributed by atoms with Crippen molar-refractivity contribution in [2.45, 2.75) is 45.6 Å². The topological polar surface area (TPSA) is 61.5 Å². The molecule has 0 aromatic heterocycles. The van der Waals surface area contributed by atoms with E-state index in [2.05, 4.69) is 38.5 Å². The molecule has 4 nitrogen and oxygen atoms in total. The van der Waals surface area contributed by atoms with Gasteiger partial charge in [0.05, 0.1) is 13.7 Å². The Labute approximate surface area is 121 Å². The Balaban J connectivity index is 2.71. The van der Waals surface area contributed by atoms with E-state index in [0.717, 1.165) is 11.3 Å². The van der Waals surface area contributed by atoms with Crippen LogP contribution in [0.5, 0.6) is 5.75 Å². The van der Waals surface area contributed by atoms with Gasteiger partial charge in [-0.1, -0.05) is 38.5 Å². The van der Waals surface area contributed by atoms with Crippen LogP contribution >= 0.6 is 0 Å². The van der Waals surface area contributed by atoms with Crippen LogP contribution in [-0.4, -0.2) is 25.7 Å². The Morgan fingerprint density at radius 2 is 2.00 bits per heavy atom. The summed E-state index contributed by atoms with van der Waals surface area (Å²) in [6.45, 7) is 8.90. The van der Waals surface area contributed by atoms with E-state index < -0.39 is 12.0 Å². The van der Waals surface area contributed by atoms with Crippen molar-refractivity contribution < 1.29 is 14.3 Å². The number of aryl methyl sites for hydroxylation is 1. The lowest BCUT2D eigenvalue weighted by Crippen LogP contribution is -2.33. The van der Waals surface area contributed by atoms with E-state index in [4.69, 9.17) is 10.5 Å². The molecule has 0 spiro atoms. The molecule has 0 saturated heterocycles. The summed E-state index contributed by atoms with van der Waals surface area (Å²) in [6.07, 6.45) is 0.435. The van der Waals surface area contributed by atoms with Crippen LogP contribution in [0.1, 0.15) is 38.3 Å². The lowest BCUT2D eigenvalue weighted by molar-refractivity contribution is -0.142. The summed E-state index contributed by atoms with van der Waals surface area (Å²) in [5.41, 5.74) is 8.05. The lowest BCUT2D eigenvalue weighted by atomic mass is 9.85. The van der Waals surface area contributed by atoms with Crippen LogP contribution < -0.4 is 10.5 Å². The van der Waals surface area contributed by atoms with Gasteiger partial charge < -0.3 is 15.2 Å². The number of methoxy groups -OCH3 is 1. The third-order valence-electron chi connectivity index (χ3n) is 3.13. The van der Waals surface area contributed by atoms with Crippen molar-refractivity contribution in [1.82, 2.24) is 0 Å². The zero-order valence-electron chi connectivity index (χ0n) is 13.0. The van der Waals surface area contributed by atoms with Crippen molar-refractivity contribution in [3.05, 3.63) is 29.3 Å². The molecular formula is C16H25NO3. The average Bonchev–Trinajstić information content (AvgIpc) is 2.38. The molecule has 4 heteroatoms. The normalized spacial score (nSPS) is 12.9. The molecule has 20 heavy (non-hydrogen) atoms. The van der Waals surface area contributed by atoms with Gasteiger partial charge in [0.15, 0.2) is 0 Å². The molecule has 1 aromatic rings. The predicted molar refractivity (Wildman–Crippen MR) is 80.0 cm³/mol. The summed E-state index contributed by atoms with van der Waals surface area (Å²) in [4.78, 5) is 11.2. The van der Waals surface area contributed by atoms with Crippen LogP contribution in [0, 0.1) is 6.92 Å². The monoisotopic (exact) mass is 279 g/mol. The van der Waals surface area contributed by atoms with Crippen LogP contribution in [0.25, 0.3) is 0 Å². The molecule has 0 aliphatic heterocycles. The number of carbonyl (C=O) groups excluding carboxylic acids is 1. The maximum Gasteiger partial charge on any atom is 0.322 e. The van der Waals surface area contributed by atoms with Gasteiger partial charge >= 0.3 is 5.97 Å². The first-order valence-corrected chi connectivity index (χ1v) is 6.83. The summed E-state index contributed by atoms with van der Waals surface area (Å²) in [5.74, 6) is 0.439. The molecular weight excluding hydrogens is 254 g/mol. The molecule has 0 fully saturated rings. The number of esters is 1. The second-order valence-electron chi connectivity index (χ2n) is 6.02. The van der Waals surface area contributed by atoms with E-state index in [1.54, 1.807) is 0 Å². The van der Waals surface area contributed by atoms with E-state index in [1.807, 2.05) is 12.1 Å². The SMILES string of the molecule is COC(=O)C(N)CCOc1ccc(C)cc1C(C)(C)C. The van der Waals surface area contributed by atoms with Crippen molar-refractivity contribution in [1.29, 1.82) is 0 Å². The van der Waals surface area contributed by atoms with E-state index in [9.17, 15) is 4.79 Å². The van der Waals surface area contributed by atoms with Crippen molar-refractivity contribution in [2.75, 3.05) is 13.7 Å². The van der Waals surface area contributed by atoms with Gasteiger partial charge in [0, 0.05) is 6.42 Å². The number of ether oxygens (including phenoxy) is 2. The van der Waals surface area contributed by atoms with E-state index in [1.165, 1.54) is 12.7 Å². The molecule has 0 amide bonds. The minimum atomic E-state index is -0.636. The Hall–Kier alpha value is -1.55. The molecule has 1 atom stereocenters. The third-order valence-corrected chi connectivity index (χ3v) is 3.13. The zero-order valence-corrected chi connectivity index (χ0v) is 13.0. The molecule has 2 N–H and O–H groups in total. The van der Waals surface area contributed by atoms with Gasteiger partial charge in [-0.3, -0.25) is 4.79 Å². The fourth-order valence-electron chi connectivity index (χ4n) is 1.92. The second kappa shape index (κ2) is 6.75. The number of rotatable bonds is 5. The van der Waals surface area contributed by atoms with Crippen molar-refractivity contribution in [3.63, 3.8) is 0 Å². The van der Waals surface area contributed by atoms with Crippen LogP contribution in [-0.2, 0) is 14.9 Å². The fraction of sp³-hybridized carbons (Fsp3) is 0.562. The first kappa shape index (κ1) is 16.5. The van der Waals surface area contributed by atoms with Gasteiger partial charge in [-0.25, -0.2) is 0 Å². The number of carbonyl (C=O) groups is 1. The van der Waals surface area contributed by atoms with Crippen molar-refractivity contribution in [3.8, 4) is 5.75 Å². The molecule has 0 saturated carbocycles. The summed E-state index contributed by atoms with van der Waals surface area (Å²) in [6, 6.07) is 5.49. The number of nitrogens with two attached hydrogens (primary N) is 1. The summed E-state index contributed by atoms with van der Waals surface area (Å²) in [5, 5.41) is 0. The highest BCUT2D eigenvalue weighted by molar-refractivity contribution is 5.75. The standard InChI is InChI=1S/C16H25NO3/c1-11-6-7-14(12(10-11)16(2,3)4)20-9-8-13(17)15(18)19-5/h6-7,10,13H,8-9,17H2,1-5H3. The molecule has 0 aliphatic carbocycles. The Morgan fingerprint density at radius 3 is 2.55 bits per heavy atom. The largest absolute Gasteiger partial charge is 0.493 e. The van der Waals surface area contributed by atoms with Gasteiger partial charge in [-0.05, 0) is 24.0 Å². The fourth-order valence-corrected chi connectivity index (χ4v) is 1.92. The molecule has 0 aliphatic rings. The molecule has 0 radical (unpaired) electrons. The summed E-state index contributed by atoms with van der Waals surface area (Å²) < 4.78 is 10.4. The molecule has 0 heterocycles. The molecule has 112 valence electrons. The third kappa shape index (κ3) is 4.53. The van der Waals surface area contributed by atoms with Gasteiger partial charge in [-0.2, -0.15) is 0 Å². The quantitative estimate of drug-likeness (QED) is 0.841. The van der Waals surface area contributed by atoms with Crippen LogP contribution in [0.15, 0.2) is 18.2 Å².